The van der Waals surface area contributed by atoms with Crippen molar-refractivity contribution in [3.8, 4) is 0 Å². The molecule has 0 aromatic heterocycles. The minimum atomic E-state index is -0.141. The normalized spacial score (nSPS) is 28.3. The molecule has 4 bridgehead atoms. The highest BCUT2D eigenvalue weighted by molar-refractivity contribution is 7.99. The molecule has 4 nitrogen and oxygen atoms in total. The zero-order valence-corrected chi connectivity index (χ0v) is 18.6. The monoisotopic (exact) mass is 434 g/mol. The molecule has 0 unspecified atom stereocenters. The van der Waals surface area contributed by atoms with E-state index in [9.17, 15) is 9.59 Å². The minimum Gasteiger partial charge on any atom is -0.326 e. The predicted molar refractivity (Wildman–Crippen MR) is 127 cm³/mol. The van der Waals surface area contributed by atoms with Crippen molar-refractivity contribution in [2.24, 2.45) is 23.2 Å². The van der Waals surface area contributed by atoms with Crippen LogP contribution < -0.4 is 10.6 Å². The summed E-state index contributed by atoms with van der Waals surface area (Å²) in [5, 5.41) is 6.12. The van der Waals surface area contributed by atoms with Crippen LogP contribution in [0.3, 0.4) is 0 Å². The topological polar surface area (TPSA) is 58.2 Å². The van der Waals surface area contributed by atoms with Crippen LogP contribution in [0.4, 0.5) is 11.4 Å². The van der Waals surface area contributed by atoms with Crippen LogP contribution in [-0.4, -0.2) is 17.6 Å². The van der Waals surface area contributed by atoms with Crippen LogP contribution in [0.2, 0.25) is 0 Å². The van der Waals surface area contributed by atoms with Crippen molar-refractivity contribution in [1.82, 2.24) is 0 Å². The van der Waals surface area contributed by atoms with Gasteiger partial charge in [-0.2, -0.15) is 0 Å². The van der Waals surface area contributed by atoms with E-state index in [1.54, 1.807) is 11.8 Å². The highest BCUT2D eigenvalue weighted by Gasteiger charge is 2.54. The number of nitrogens with one attached hydrogen (secondary N) is 2. The van der Waals surface area contributed by atoms with Crippen molar-refractivity contribution in [2.45, 2.75) is 44.3 Å². The SMILES string of the molecule is O=C(CSCc1ccccc1)Nc1ccc(NC(=O)C23CC4CC(CC(C4)C2)C3)cc1. The molecule has 0 spiro atoms. The molecule has 162 valence electrons. The van der Waals surface area contributed by atoms with E-state index in [0.717, 1.165) is 54.1 Å². The first-order chi connectivity index (χ1) is 15.1. The van der Waals surface area contributed by atoms with Gasteiger partial charge in [0.2, 0.25) is 11.8 Å². The second-order valence-electron chi connectivity index (χ2n) is 9.76. The average molecular weight is 435 g/mol. The van der Waals surface area contributed by atoms with Gasteiger partial charge in [0, 0.05) is 17.1 Å². The summed E-state index contributed by atoms with van der Waals surface area (Å²) < 4.78 is 0. The molecular formula is C26H30N2O2S. The third kappa shape index (κ3) is 4.67. The van der Waals surface area contributed by atoms with E-state index in [1.807, 2.05) is 42.5 Å². The summed E-state index contributed by atoms with van der Waals surface area (Å²) in [6.45, 7) is 0. The van der Waals surface area contributed by atoms with Crippen LogP contribution >= 0.6 is 11.8 Å². The first-order valence-electron chi connectivity index (χ1n) is 11.4. The number of anilines is 2. The van der Waals surface area contributed by atoms with E-state index in [1.165, 1.54) is 24.8 Å². The molecule has 4 fully saturated rings. The number of rotatable bonds is 7. The van der Waals surface area contributed by atoms with Crippen LogP contribution in [0.15, 0.2) is 54.6 Å². The number of carbonyl (C=O) groups excluding carboxylic acids is 2. The Morgan fingerprint density at radius 2 is 1.35 bits per heavy atom. The molecule has 0 atom stereocenters. The lowest BCUT2D eigenvalue weighted by atomic mass is 9.49. The van der Waals surface area contributed by atoms with Crippen molar-refractivity contribution in [2.75, 3.05) is 16.4 Å². The molecule has 0 saturated heterocycles. The Morgan fingerprint density at radius 3 is 1.94 bits per heavy atom. The zero-order chi connectivity index (χ0) is 21.3. The van der Waals surface area contributed by atoms with E-state index in [4.69, 9.17) is 0 Å². The summed E-state index contributed by atoms with van der Waals surface area (Å²) >= 11 is 1.60. The van der Waals surface area contributed by atoms with Gasteiger partial charge >= 0.3 is 0 Å². The summed E-state index contributed by atoms with van der Waals surface area (Å²) in [4.78, 5) is 25.4. The van der Waals surface area contributed by atoms with Crippen LogP contribution in [0.1, 0.15) is 44.1 Å². The van der Waals surface area contributed by atoms with Crippen LogP contribution in [0.25, 0.3) is 0 Å². The number of amides is 2. The van der Waals surface area contributed by atoms with Gasteiger partial charge in [0.1, 0.15) is 0 Å². The van der Waals surface area contributed by atoms with Gasteiger partial charge in [-0.1, -0.05) is 30.3 Å². The molecule has 0 heterocycles. The summed E-state index contributed by atoms with van der Waals surface area (Å²) in [5.41, 5.74) is 2.66. The standard InChI is InChI=1S/C26H30N2O2S/c29-24(17-31-16-18-4-2-1-3-5-18)27-22-6-8-23(9-7-22)28-25(30)26-13-19-10-20(14-26)12-21(11-19)15-26/h1-9,19-21H,10-17H2,(H,27,29)(H,28,30). The molecule has 4 aliphatic rings. The number of hydrogen-bond acceptors (Lipinski definition) is 3. The summed E-state index contributed by atoms with van der Waals surface area (Å²) in [5.74, 6) is 3.72. The Balaban J connectivity index is 1.12. The maximum atomic E-state index is 13.2. The number of hydrogen-bond donors (Lipinski definition) is 2. The van der Waals surface area contributed by atoms with Crippen molar-refractivity contribution < 1.29 is 9.59 Å². The van der Waals surface area contributed by atoms with Crippen molar-refractivity contribution in [3.05, 3.63) is 60.2 Å². The second kappa shape index (κ2) is 8.70. The average Bonchev–Trinajstić information content (AvgIpc) is 2.75. The van der Waals surface area contributed by atoms with Crippen molar-refractivity contribution in [1.29, 1.82) is 0 Å². The Kier molecular flexibility index (Phi) is 5.79. The first kappa shape index (κ1) is 20.6. The Bertz CT molecular complexity index is 906. The maximum Gasteiger partial charge on any atom is 0.234 e. The van der Waals surface area contributed by atoms with E-state index >= 15 is 0 Å². The van der Waals surface area contributed by atoms with Gasteiger partial charge in [-0.25, -0.2) is 0 Å². The van der Waals surface area contributed by atoms with Gasteiger partial charge in [-0.3, -0.25) is 9.59 Å². The Labute approximate surface area is 188 Å². The number of carbonyl (C=O) groups is 2. The lowest BCUT2D eigenvalue weighted by Crippen LogP contribution is -2.51. The highest BCUT2D eigenvalue weighted by atomic mass is 32.2. The lowest BCUT2D eigenvalue weighted by molar-refractivity contribution is -0.140. The van der Waals surface area contributed by atoms with E-state index in [-0.39, 0.29) is 17.2 Å². The van der Waals surface area contributed by atoms with Crippen LogP contribution in [-0.2, 0) is 15.3 Å². The third-order valence-electron chi connectivity index (χ3n) is 7.29. The van der Waals surface area contributed by atoms with Gasteiger partial charge < -0.3 is 10.6 Å². The van der Waals surface area contributed by atoms with Crippen LogP contribution in [0.5, 0.6) is 0 Å². The molecule has 31 heavy (non-hydrogen) atoms. The van der Waals surface area contributed by atoms with Gasteiger partial charge in [-0.05, 0) is 86.1 Å². The highest BCUT2D eigenvalue weighted by Crippen LogP contribution is 2.60. The molecular weight excluding hydrogens is 404 g/mol. The Morgan fingerprint density at radius 1 is 0.806 bits per heavy atom. The molecule has 4 saturated carbocycles. The zero-order valence-electron chi connectivity index (χ0n) is 17.8. The minimum absolute atomic E-state index is 0.00807. The summed E-state index contributed by atoms with van der Waals surface area (Å²) in [6.07, 6.45) is 7.22. The molecule has 2 amide bonds. The van der Waals surface area contributed by atoms with Gasteiger partial charge in [0.25, 0.3) is 0 Å². The van der Waals surface area contributed by atoms with E-state index < -0.39 is 0 Å². The largest absolute Gasteiger partial charge is 0.326 e. The molecule has 2 N–H and O–H groups in total. The smallest absolute Gasteiger partial charge is 0.234 e. The fraction of sp³-hybridized carbons (Fsp3) is 0.462. The number of thioether (sulfide) groups is 1. The second-order valence-corrected chi connectivity index (χ2v) is 10.7. The quantitative estimate of drug-likeness (QED) is 0.586. The molecule has 0 aliphatic heterocycles. The van der Waals surface area contributed by atoms with Gasteiger partial charge in [0.05, 0.1) is 11.2 Å². The fourth-order valence-corrected chi connectivity index (χ4v) is 7.11. The molecule has 6 rings (SSSR count). The Hall–Kier alpha value is -2.27. The first-order valence-corrected chi connectivity index (χ1v) is 12.6. The maximum absolute atomic E-state index is 13.2. The molecule has 5 heteroatoms. The fourth-order valence-electron chi connectivity index (χ4n) is 6.32. The van der Waals surface area contributed by atoms with Gasteiger partial charge in [0.15, 0.2) is 0 Å². The van der Waals surface area contributed by atoms with E-state index in [0.29, 0.717) is 5.75 Å². The molecule has 2 aromatic carbocycles. The lowest BCUT2D eigenvalue weighted by Gasteiger charge is -2.55. The summed E-state index contributed by atoms with van der Waals surface area (Å²) in [6, 6.07) is 17.7. The van der Waals surface area contributed by atoms with Crippen molar-refractivity contribution >= 4 is 35.0 Å². The van der Waals surface area contributed by atoms with Crippen molar-refractivity contribution in [3.63, 3.8) is 0 Å². The molecule has 2 aromatic rings. The van der Waals surface area contributed by atoms with Gasteiger partial charge in [-0.15, -0.1) is 11.8 Å². The molecule has 4 aliphatic carbocycles. The van der Waals surface area contributed by atoms with Crippen LogP contribution in [0, 0.1) is 23.2 Å². The number of benzene rings is 2. The molecule has 0 radical (unpaired) electrons. The third-order valence-corrected chi connectivity index (χ3v) is 8.29. The van der Waals surface area contributed by atoms with E-state index in [2.05, 4.69) is 22.8 Å². The summed E-state index contributed by atoms with van der Waals surface area (Å²) in [7, 11) is 0. The predicted octanol–water partition coefficient (Wildman–Crippen LogP) is 5.71.